The molecule has 2 aromatic rings. The summed E-state index contributed by atoms with van der Waals surface area (Å²) in [5.74, 6) is 0.114. The Morgan fingerprint density at radius 1 is 1.35 bits per heavy atom. The molecule has 0 bridgehead atoms. The standard InChI is InChI=1S/C14H16N2O/c1-10-4-3-5-12(11(10)2)6-7-14(17)13-8-15-9-16-13/h3-5,8-9H,6-7H2,1-2H3,(H,15,16). The summed E-state index contributed by atoms with van der Waals surface area (Å²) in [5.41, 5.74) is 4.40. The van der Waals surface area contributed by atoms with Crippen molar-refractivity contribution in [3.63, 3.8) is 0 Å². The van der Waals surface area contributed by atoms with E-state index < -0.39 is 0 Å². The lowest BCUT2D eigenvalue weighted by molar-refractivity contribution is 0.0978. The van der Waals surface area contributed by atoms with Crippen molar-refractivity contribution in [2.75, 3.05) is 0 Å². The topological polar surface area (TPSA) is 45.8 Å². The summed E-state index contributed by atoms with van der Waals surface area (Å²) in [6.07, 6.45) is 4.41. The summed E-state index contributed by atoms with van der Waals surface area (Å²) >= 11 is 0. The fourth-order valence-electron chi connectivity index (χ4n) is 1.87. The Kier molecular flexibility index (Phi) is 3.38. The highest BCUT2D eigenvalue weighted by Gasteiger charge is 2.08. The van der Waals surface area contributed by atoms with E-state index in [1.165, 1.54) is 23.0 Å². The maximum Gasteiger partial charge on any atom is 0.180 e. The normalized spacial score (nSPS) is 10.5. The molecule has 3 nitrogen and oxygen atoms in total. The number of aryl methyl sites for hydroxylation is 2. The molecule has 17 heavy (non-hydrogen) atoms. The highest BCUT2D eigenvalue weighted by Crippen LogP contribution is 2.15. The highest BCUT2D eigenvalue weighted by atomic mass is 16.1. The largest absolute Gasteiger partial charge is 0.342 e. The lowest BCUT2D eigenvalue weighted by Crippen LogP contribution is -2.02. The van der Waals surface area contributed by atoms with E-state index in [4.69, 9.17) is 0 Å². The lowest BCUT2D eigenvalue weighted by Gasteiger charge is -2.07. The van der Waals surface area contributed by atoms with Crippen LogP contribution in [-0.4, -0.2) is 15.8 Å². The van der Waals surface area contributed by atoms with Gasteiger partial charge in [0.15, 0.2) is 5.78 Å². The molecular weight excluding hydrogens is 212 g/mol. The number of nitrogens with one attached hydrogen (secondary N) is 1. The molecule has 3 heteroatoms. The molecule has 0 amide bonds. The van der Waals surface area contributed by atoms with E-state index >= 15 is 0 Å². The minimum absolute atomic E-state index is 0.114. The van der Waals surface area contributed by atoms with Gasteiger partial charge in [-0.3, -0.25) is 4.79 Å². The number of carbonyl (C=O) groups excluding carboxylic acids is 1. The average molecular weight is 228 g/mol. The molecule has 0 radical (unpaired) electrons. The number of ketones is 1. The summed E-state index contributed by atoms with van der Waals surface area (Å²) in [4.78, 5) is 18.5. The minimum Gasteiger partial charge on any atom is -0.342 e. The van der Waals surface area contributed by atoms with Crippen molar-refractivity contribution < 1.29 is 4.79 Å². The molecule has 0 saturated carbocycles. The highest BCUT2D eigenvalue weighted by molar-refractivity contribution is 5.94. The predicted molar refractivity (Wildman–Crippen MR) is 67.2 cm³/mol. The Morgan fingerprint density at radius 2 is 2.18 bits per heavy atom. The molecule has 88 valence electrons. The maximum atomic E-state index is 11.8. The molecule has 0 fully saturated rings. The summed E-state index contributed by atoms with van der Waals surface area (Å²) in [6.45, 7) is 4.20. The van der Waals surface area contributed by atoms with Crippen LogP contribution in [0.5, 0.6) is 0 Å². The second kappa shape index (κ2) is 4.95. The molecule has 0 spiro atoms. The van der Waals surface area contributed by atoms with Crippen LogP contribution in [-0.2, 0) is 6.42 Å². The van der Waals surface area contributed by atoms with Crippen LogP contribution in [0.1, 0.15) is 33.6 Å². The van der Waals surface area contributed by atoms with Gasteiger partial charge in [0.05, 0.1) is 12.5 Å². The van der Waals surface area contributed by atoms with Gasteiger partial charge in [0, 0.05) is 6.42 Å². The van der Waals surface area contributed by atoms with Gasteiger partial charge < -0.3 is 4.98 Å². The summed E-state index contributed by atoms with van der Waals surface area (Å²) in [7, 11) is 0. The third-order valence-electron chi connectivity index (χ3n) is 3.14. The molecule has 1 aromatic heterocycles. The second-order valence-electron chi connectivity index (χ2n) is 4.25. The first-order valence-electron chi connectivity index (χ1n) is 5.75. The molecular formula is C14H16N2O. The number of imidazole rings is 1. The van der Waals surface area contributed by atoms with Crippen LogP contribution in [0.2, 0.25) is 0 Å². The van der Waals surface area contributed by atoms with Gasteiger partial charge in [0.2, 0.25) is 0 Å². The third-order valence-corrected chi connectivity index (χ3v) is 3.14. The van der Waals surface area contributed by atoms with E-state index in [1.807, 2.05) is 6.07 Å². The van der Waals surface area contributed by atoms with Gasteiger partial charge >= 0.3 is 0 Å². The Bertz CT molecular complexity index is 515. The number of H-pyrrole nitrogens is 1. The zero-order chi connectivity index (χ0) is 12.3. The summed E-state index contributed by atoms with van der Waals surface area (Å²) < 4.78 is 0. The second-order valence-corrected chi connectivity index (χ2v) is 4.25. The number of hydrogen-bond acceptors (Lipinski definition) is 2. The van der Waals surface area contributed by atoms with Gasteiger partial charge in [-0.1, -0.05) is 18.2 Å². The fraction of sp³-hybridized carbons (Fsp3) is 0.286. The molecule has 0 saturated heterocycles. The molecule has 0 aliphatic rings. The van der Waals surface area contributed by atoms with Gasteiger partial charge in [-0.2, -0.15) is 0 Å². The van der Waals surface area contributed by atoms with Crippen molar-refractivity contribution >= 4 is 5.78 Å². The van der Waals surface area contributed by atoms with E-state index in [1.54, 1.807) is 6.20 Å². The number of Topliss-reactive ketones (excluding diaryl/α,β-unsaturated/α-hetero) is 1. The van der Waals surface area contributed by atoms with Crippen LogP contribution in [0, 0.1) is 13.8 Å². The number of nitrogens with zero attached hydrogens (tertiary/aromatic N) is 1. The number of benzene rings is 1. The van der Waals surface area contributed by atoms with Gasteiger partial charge in [-0.25, -0.2) is 4.98 Å². The quantitative estimate of drug-likeness (QED) is 0.818. The van der Waals surface area contributed by atoms with E-state index in [9.17, 15) is 4.79 Å². The van der Waals surface area contributed by atoms with Gasteiger partial charge in [0.1, 0.15) is 5.69 Å². The predicted octanol–water partition coefficient (Wildman–Crippen LogP) is 2.84. The monoisotopic (exact) mass is 228 g/mol. The van der Waals surface area contributed by atoms with Gasteiger partial charge in [-0.05, 0) is 37.0 Å². The van der Waals surface area contributed by atoms with Crippen molar-refractivity contribution in [3.05, 3.63) is 53.1 Å². The Labute approximate surface area is 101 Å². The zero-order valence-corrected chi connectivity index (χ0v) is 10.2. The van der Waals surface area contributed by atoms with Crippen LogP contribution in [0.3, 0.4) is 0 Å². The molecule has 2 rings (SSSR count). The molecule has 0 unspecified atom stereocenters. The van der Waals surface area contributed by atoms with Crippen molar-refractivity contribution in [2.24, 2.45) is 0 Å². The number of hydrogen-bond donors (Lipinski definition) is 1. The van der Waals surface area contributed by atoms with E-state index in [0.717, 1.165) is 6.42 Å². The zero-order valence-electron chi connectivity index (χ0n) is 10.2. The minimum atomic E-state index is 0.114. The molecule has 1 N–H and O–H groups in total. The first kappa shape index (κ1) is 11.6. The van der Waals surface area contributed by atoms with Gasteiger partial charge in [0.25, 0.3) is 0 Å². The number of carbonyl (C=O) groups is 1. The van der Waals surface area contributed by atoms with E-state index in [2.05, 4.69) is 35.9 Å². The van der Waals surface area contributed by atoms with Gasteiger partial charge in [-0.15, -0.1) is 0 Å². The molecule has 0 aliphatic carbocycles. The molecule has 1 heterocycles. The van der Waals surface area contributed by atoms with Crippen molar-refractivity contribution in [3.8, 4) is 0 Å². The van der Waals surface area contributed by atoms with Crippen LogP contribution in [0.15, 0.2) is 30.7 Å². The van der Waals surface area contributed by atoms with Crippen LogP contribution in [0.4, 0.5) is 0 Å². The number of aromatic amines is 1. The van der Waals surface area contributed by atoms with E-state index in [-0.39, 0.29) is 5.78 Å². The molecule has 0 aliphatic heterocycles. The number of aromatic nitrogens is 2. The lowest BCUT2D eigenvalue weighted by atomic mass is 9.98. The van der Waals surface area contributed by atoms with Crippen LogP contribution >= 0.6 is 0 Å². The smallest absolute Gasteiger partial charge is 0.180 e. The molecule has 1 aromatic carbocycles. The maximum absolute atomic E-state index is 11.8. The van der Waals surface area contributed by atoms with Crippen molar-refractivity contribution in [1.82, 2.24) is 9.97 Å². The Morgan fingerprint density at radius 3 is 2.88 bits per heavy atom. The molecule has 0 atom stereocenters. The summed E-state index contributed by atoms with van der Waals surface area (Å²) in [5, 5.41) is 0. The van der Waals surface area contributed by atoms with E-state index in [0.29, 0.717) is 12.1 Å². The van der Waals surface area contributed by atoms with Crippen molar-refractivity contribution in [1.29, 1.82) is 0 Å². The third kappa shape index (κ3) is 2.61. The SMILES string of the molecule is Cc1cccc(CCC(=O)c2cnc[nH]2)c1C. The first-order chi connectivity index (χ1) is 8.18. The Balaban J connectivity index is 2.03. The first-order valence-corrected chi connectivity index (χ1v) is 5.75. The Hall–Kier alpha value is -1.90. The average Bonchev–Trinajstić information content (AvgIpc) is 2.84. The van der Waals surface area contributed by atoms with Crippen LogP contribution < -0.4 is 0 Å². The summed E-state index contributed by atoms with van der Waals surface area (Å²) in [6, 6.07) is 6.22. The fourth-order valence-corrected chi connectivity index (χ4v) is 1.87. The van der Waals surface area contributed by atoms with Crippen LogP contribution in [0.25, 0.3) is 0 Å². The van der Waals surface area contributed by atoms with Crippen molar-refractivity contribution in [2.45, 2.75) is 26.7 Å². The number of rotatable bonds is 4.